The van der Waals surface area contributed by atoms with E-state index in [1.807, 2.05) is 11.0 Å². The molecule has 5 nitrogen and oxygen atoms in total. The molecule has 0 radical (unpaired) electrons. The summed E-state index contributed by atoms with van der Waals surface area (Å²) in [5, 5.41) is 2.93. The van der Waals surface area contributed by atoms with Gasteiger partial charge in [0.1, 0.15) is 5.75 Å². The molecule has 144 valence electrons. The normalized spacial score (nSPS) is 22.3. The zero-order valence-electron chi connectivity index (χ0n) is 16.3. The highest BCUT2D eigenvalue weighted by Crippen LogP contribution is 2.36. The third-order valence-electron chi connectivity index (χ3n) is 5.83. The fraction of sp³-hybridized carbons (Fsp3) is 0.500. The molecule has 2 amide bonds. The first-order valence-electron chi connectivity index (χ1n) is 9.90. The van der Waals surface area contributed by atoms with E-state index in [1.165, 1.54) is 31.2 Å². The molecule has 1 saturated carbocycles. The molecule has 4 rings (SSSR count). The number of rotatable bonds is 5. The van der Waals surface area contributed by atoms with Crippen molar-refractivity contribution in [3.05, 3.63) is 47.4 Å². The number of fused-ring (bicyclic) bond motifs is 1. The number of methoxy groups -OCH3 is 1. The first kappa shape index (κ1) is 18.0. The highest BCUT2D eigenvalue weighted by Gasteiger charge is 2.38. The maximum Gasteiger partial charge on any atom is 0.324 e. The number of carbonyl (C=O) groups is 1. The lowest BCUT2D eigenvalue weighted by Gasteiger charge is -2.25. The smallest absolute Gasteiger partial charge is 0.324 e. The van der Waals surface area contributed by atoms with Crippen molar-refractivity contribution in [3.8, 4) is 5.75 Å². The van der Waals surface area contributed by atoms with E-state index < -0.39 is 0 Å². The fourth-order valence-electron chi connectivity index (χ4n) is 4.21. The number of carbonyl (C=O) groups excluding carboxylic acids is 1. The van der Waals surface area contributed by atoms with E-state index in [2.05, 4.69) is 37.4 Å². The van der Waals surface area contributed by atoms with Crippen molar-refractivity contribution in [3.63, 3.8) is 0 Å². The fourth-order valence-corrected chi connectivity index (χ4v) is 4.21. The lowest BCUT2D eigenvalue weighted by molar-refractivity contribution is 0.157. The van der Waals surface area contributed by atoms with Gasteiger partial charge in [-0.3, -0.25) is 10.2 Å². The Labute approximate surface area is 161 Å². The van der Waals surface area contributed by atoms with Crippen LogP contribution in [0.4, 0.5) is 4.79 Å². The zero-order valence-corrected chi connectivity index (χ0v) is 16.3. The molecule has 1 aromatic carbocycles. The Morgan fingerprint density at radius 2 is 2.07 bits per heavy atom. The van der Waals surface area contributed by atoms with Crippen LogP contribution in [0.15, 0.2) is 36.2 Å². The predicted octanol–water partition coefficient (Wildman–Crippen LogP) is 4.62. The minimum absolute atomic E-state index is 0.0595. The summed E-state index contributed by atoms with van der Waals surface area (Å²) < 4.78 is 11.5. The summed E-state index contributed by atoms with van der Waals surface area (Å²) in [6.45, 7) is 5.12. The number of hydrogen-bond acceptors (Lipinski definition) is 3. The third-order valence-corrected chi connectivity index (χ3v) is 5.83. The molecular formula is C22H28N2O3. The molecule has 2 aliphatic heterocycles. The Bertz CT molecular complexity index is 791. The molecule has 3 aliphatic rings. The first-order chi connectivity index (χ1) is 13.1. The van der Waals surface area contributed by atoms with Gasteiger partial charge >= 0.3 is 6.03 Å². The average Bonchev–Trinajstić information content (AvgIpc) is 3.29. The molecule has 1 N–H and O–H groups in total. The van der Waals surface area contributed by atoms with Crippen molar-refractivity contribution in [2.75, 3.05) is 13.7 Å². The van der Waals surface area contributed by atoms with Crippen LogP contribution in [-0.2, 0) is 4.74 Å². The van der Waals surface area contributed by atoms with E-state index >= 15 is 0 Å². The van der Waals surface area contributed by atoms with Gasteiger partial charge < -0.3 is 9.47 Å². The first-order valence-corrected chi connectivity index (χ1v) is 9.90. The Morgan fingerprint density at radius 1 is 1.30 bits per heavy atom. The van der Waals surface area contributed by atoms with Crippen molar-refractivity contribution >= 4 is 11.6 Å². The van der Waals surface area contributed by atoms with Crippen molar-refractivity contribution < 1.29 is 14.3 Å². The second kappa shape index (κ2) is 7.29. The summed E-state index contributed by atoms with van der Waals surface area (Å²) in [5.74, 6) is 1.82. The Balaban J connectivity index is 1.65. The molecule has 1 atom stereocenters. The maximum atomic E-state index is 12.5. The van der Waals surface area contributed by atoms with E-state index in [9.17, 15) is 4.79 Å². The molecule has 0 spiro atoms. The van der Waals surface area contributed by atoms with Gasteiger partial charge in [-0.2, -0.15) is 0 Å². The van der Waals surface area contributed by atoms with Crippen LogP contribution in [0.25, 0.3) is 5.57 Å². The van der Waals surface area contributed by atoms with Crippen molar-refractivity contribution in [1.29, 1.82) is 0 Å². The SMILES string of the molecule is COc1ccc(C(C)C)cc1C1=COC2NC(=O)N(CC3CCCC3)C2=C1. The molecule has 1 unspecified atom stereocenters. The van der Waals surface area contributed by atoms with Crippen LogP contribution in [0.3, 0.4) is 0 Å². The van der Waals surface area contributed by atoms with Crippen LogP contribution in [0.1, 0.15) is 56.6 Å². The second-order valence-electron chi connectivity index (χ2n) is 7.98. The summed E-state index contributed by atoms with van der Waals surface area (Å²) in [6, 6.07) is 6.20. The summed E-state index contributed by atoms with van der Waals surface area (Å²) in [5.41, 5.74) is 4.08. The number of benzene rings is 1. The highest BCUT2D eigenvalue weighted by atomic mass is 16.5. The van der Waals surface area contributed by atoms with Crippen LogP contribution in [0.2, 0.25) is 0 Å². The highest BCUT2D eigenvalue weighted by molar-refractivity contribution is 5.85. The van der Waals surface area contributed by atoms with E-state index in [0.717, 1.165) is 29.1 Å². The van der Waals surface area contributed by atoms with E-state index in [1.54, 1.807) is 13.4 Å². The minimum Gasteiger partial charge on any atom is -0.496 e. The Kier molecular flexibility index (Phi) is 4.85. The molecular weight excluding hydrogens is 340 g/mol. The summed E-state index contributed by atoms with van der Waals surface area (Å²) >= 11 is 0. The lowest BCUT2D eigenvalue weighted by Crippen LogP contribution is -2.31. The summed E-state index contributed by atoms with van der Waals surface area (Å²) in [6.07, 6.45) is 8.36. The van der Waals surface area contributed by atoms with Crippen LogP contribution in [-0.4, -0.2) is 30.8 Å². The van der Waals surface area contributed by atoms with E-state index in [-0.39, 0.29) is 12.3 Å². The van der Waals surface area contributed by atoms with Gasteiger partial charge in [0.15, 0.2) is 0 Å². The molecule has 2 fully saturated rings. The van der Waals surface area contributed by atoms with Gasteiger partial charge in [0.25, 0.3) is 0 Å². The standard InChI is InChI=1S/C22H28N2O3/c1-14(2)16-8-9-20(26-3)18(10-16)17-11-19-21(27-13-17)23-22(25)24(19)12-15-6-4-5-7-15/h8-11,13-15,21H,4-7,12H2,1-3H3,(H,23,25). The molecule has 5 heteroatoms. The van der Waals surface area contributed by atoms with Crippen LogP contribution in [0, 0.1) is 5.92 Å². The summed E-state index contributed by atoms with van der Waals surface area (Å²) in [4.78, 5) is 14.4. The Hall–Kier alpha value is -2.43. The predicted molar refractivity (Wildman–Crippen MR) is 105 cm³/mol. The molecule has 1 saturated heterocycles. The van der Waals surface area contributed by atoms with Gasteiger partial charge in [-0.1, -0.05) is 32.8 Å². The van der Waals surface area contributed by atoms with E-state index in [0.29, 0.717) is 11.8 Å². The van der Waals surface area contributed by atoms with Crippen molar-refractivity contribution in [2.24, 2.45) is 5.92 Å². The van der Waals surface area contributed by atoms with Crippen LogP contribution < -0.4 is 10.1 Å². The second-order valence-corrected chi connectivity index (χ2v) is 7.98. The van der Waals surface area contributed by atoms with Gasteiger partial charge in [-0.25, -0.2) is 4.79 Å². The molecule has 27 heavy (non-hydrogen) atoms. The number of hydrogen-bond donors (Lipinski definition) is 1. The topological polar surface area (TPSA) is 50.8 Å². The van der Waals surface area contributed by atoms with Gasteiger partial charge in [0.05, 0.1) is 19.1 Å². The van der Waals surface area contributed by atoms with Gasteiger partial charge in [0.2, 0.25) is 6.23 Å². The molecule has 0 bridgehead atoms. The number of ether oxygens (including phenoxy) is 2. The van der Waals surface area contributed by atoms with Gasteiger partial charge in [-0.15, -0.1) is 0 Å². The van der Waals surface area contributed by atoms with Crippen LogP contribution in [0.5, 0.6) is 5.75 Å². The molecule has 1 aromatic rings. The minimum atomic E-state index is -0.387. The molecule has 0 aromatic heterocycles. The van der Waals surface area contributed by atoms with Crippen LogP contribution >= 0.6 is 0 Å². The Morgan fingerprint density at radius 3 is 2.78 bits per heavy atom. The largest absolute Gasteiger partial charge is 0.496 e. The molecule has 2 heterocycles. The van der Waals surface area contributed by atoms with Gasteiger partial charge in [-0.05, 0) is 48.4 Å². The maximum absolute atomic E-state index is 12.5. The monoisotopic (exact) mass is 368 g/mol. The number of urea groups is 1. The van der Waals surface area contributed by atoms with Crippen molar-refractivity contribution in [1.82, 2.24) is 10.2 Å². The summed E-state index contributed by atoms with van der Waals surface area (Å²) in [7, 11) is 1.68. The number of amides is 2. The zero-order chi connectivity index (χ0) is 19.0. The van der Waals surface area contributed by atoms with Crippen molar-refractivity contribution in [2.45, 2.75) is 51.7 Å². The number of allylic oxidation sites excluding steroid dienone is 2. The van der Waals surface area contributed by atoms with Gasteiger partial charge in [0, 0.05) is 17.7 Å². The quantitative estimate of drug-likeness (QED) is 0.825. The number of nitrogens with zero attached hydrogens (tertiary/aromatic N) is 1. The average molecular weight is 368 g/mol. The third kappa shape index (κ3) is 3.43. The molecule has 1 aliphatic carbocycles. The van der Waals surface area contributed by atoms with E-state index in [4.69, 9.17) is 9.47 Å². The lowest BCUT2D eigenvalue weighted by atomic mass is 9.96. The number of nitrogens with one attached hydrogen (secondary N) is 1.